The van der Waals surface area contributed by atoms with E-state index in [0.717, 1.165) is 6.54 Å². The average molecular weight is 234 g/mol. The zero-order valence-electron chi connectivity index (χ0n) is 10.3. The summed E-state index contributed by atoms with van der Waals surface area (Å²) in [7, 11) is 0. The molecule has 16 heavy (non-hydrogen) atoms. The monoisotopic (exact) mass is 234 g/mol. The summed E-state index contributed by atoms with van der Waals surface area (Å²) >= 11 is 0. The highest BCUT2D eigenvalue weighted by Gasteiger charge is 2.38. The maximum Gasteiger partial charge on any atom is 0.259 e. The van der Waals surface area contributed by atoms with Gasteiger partial charge in [0, 0.05) is 18.0 Å². The van der Waals surface area contributed by atoms with Crippen LogP contribution < -0.4 is 5.43 Å². The minimum Gasteiger partial charge on any atom is -0.478 e. The van der Waals surface area contributed by atoms with E-state index in [-0.39, 0.29) is 0 Å². The Hall–Kier alpha value is -0.840. The summed E-state index contributed by atoms with van der Waals surface area (Å²) in [5.74, 6) is 0.962. The first-order valence-electron chi connectivity index (χ1n) is 5.75. The molecule has 3 nitrogen and oxygen atoms in total. The molecule has 0 aliphatic carbocycles. The van der Waals surface area contributed by atoms with Gasteiger partial charge in [0.1, 0.15) is 6.04 Å². The molecule has 0 aromatic heterocycles. The maximum atomic E-state index is 12.5. The number of halogens is 2. The Bertz CT molecular complexity index is 269. The minimum atomic E-state index is -2.38. The van der Waals surface area contributed by atoms with E-state index in [0.29, 0.717) is 24.0 Å². The van der Waals surface area contributed by atoms with Crippen LogP contribution in [0.15, 0.2) is 11.5 Å². The summed E-state index contributed by atoms with van der Waals surface area (Å²) in [6.45, 7) is 9.06. The van der Waals surface area contributed by atoms with Crippen LogP contribution >= 0.6 is 0 Å². The quantitative estimate of drug-likeness (QED) is 0.753. The molecular formula is C11H20F2N2O. The van der Waals surface area contributed by atoms with Crippen molar-refractivity contribution in [2.45, 2.75) is 40.2 Å². The van der Waals surface area contributed by atoms with Crippen molar-refractivity contribution in [2.75, 3.05) is 13.2 Å². The second kappa shape index (κ2) is 5.48. The molecule has 0 aromatic carbocycles. The summed E-state index contributed by atoms with van der Waals surface area (Å²) in [5, 5.41) is 1.69. The topological polar surface area (TPSA) is 24.5 Å². The second-order valence-corrected chi connectivity index (χ2v) is 3.96. The molecule has 2 heterocycles. The molecule has 2 unspecified atom stereocenters. The van der Waals surface area contributed by atoms with Crippen LogP contribution in [0.2, 0.25) is 0 Å². The third-order valence-electron chi connectivity index (χ3n) is 2.59. The van der Waals surface area contributed by atoms with Crippen molar-refractivity contribution < 1.29 is 13.5 Å². The molecule has 1 fully saturated rings. The second-order valence-electron chi connectivity index (χ2n) is 3.96. The van der Waals surface area contributed by atoms with Gasteiger partial charge in [-0.15, -0.1) is 0 Å². The zero-order chi connectivity index (χ0) is 12.3. The smallest absolute Gasteiger partial charge is 0.259 e. The Morgan fingerprint density at radius 2 is 2.06 bits per heavy atom. The highest BCUT2D eigenvalue weighted by Crippen LogP contribution is 2.29. The summed E-state index contributed by atoms with van der Waals surface area (Å²) in [4.78, 5) is 0. The summed E-state index contributed by atoms with van der Waals surface area (Å²) in [6, 6.07) is -0.879. The summed E-state index contributed by atoms with van der Waals surface area (Å²) in [6.07, 6.45) is -2.38. The van der Waals surface area contributed by atoms with E-state index in [9.17, 15) is 8.78 Å². The minimum absolute atomic E-state index is 0.371. The summed E-state index contributed by atoms with van der Waals surface area (Å²) < 4.78 is 30.5. The van der Waals surface area contributed by atoms with Crippen molar-refractivity contribution in [3.63, 3.8) is 0 Å². The average Bonchev–Trinajstić information content (AvgIpc) is 2.58. The normalized spacial score (nSPS) is 28.6. The molecule has 0 bridgehead atoms. The van der Waals surface area contributed by atoms with Gasteiger partial charge in [-0.3, -0.25) is 5.01 Å². The molecule has 0 saturated carbocycles. The van der Waals surface area contributed by atoms with Crippen LogP contribution in [0.5, 0.6) is 0 Å². The molecule has 5 heteroatoms. The molecule has 0 radical (unpaired) electrons. The molecule has 2 aliphatic rings. The van der Waals surface area contributed by atoms with Crippen LogP contribution in [0.25, 0.3) is 0 Å². The Morgan fingerprint density at radius 3 is 2.62 bits per heavy atom. The highest BCUT2D eigenvalue weighted by atomic mass is 19.3. The highest BCUT2D eigenvalue weighted by molar-refractivity contribution is 5.19. The van der Waals surface area contributed by atoms with Gasteiger partial charge in [0.2, 0.25) is 5.88 Å². The van der Waals surface area contributed by atoms with Crippen LogP contribution in [-0.2, 0) is 4.74 Å². The van der Waals surface area contributed by atoms with Crippen molar-refractivity contribution in [1.29, 1.82) is 0 Å². The largest absolute Gasteiger partial charge is 0.478 e. The predicted molar refractivity (Wildman–Crippen MR) is 58.8 cm³/mol. The third-order valence-corrected chi connectivity index (χ3v) is 2.59. The molecular weight excluding hydrogens is 214 g/mol. The predicted octanol–water partition coefficient (Wildman–Crippen LogP) is 2.36. The Balaban J connectivity index is 0.000000606. The number of hydrogen-bond acceptors (Lipinski definition) is 3. The van der Waals surface area contributed by atoms with Crippen molar-refractivity contribution in [3.8, 4) is 0 Å². The number of alkyl halides is 2. The van der Waals surface area contributed by atoms with Gasteiger partial charge in [0.05, 0.1) is 6.61 Å². The van der Waals surface area contributed by atoms with E-state index in [2.05, 4.69) is 5.43 Å². The Labute approximate surface area is 95.4 Å². The Morgan fingerprint density at radius 1 is 1.44 bits per heavy atom. The fourth-order valence-electron chi connectivity index (χ4n) is 1.83. The van der Waals surface area contributed by atoms with Crippen LogP contribution in [0.4, 0.5) is 8.78 Å². The number of ether oxygens (including phenoxy) is 1. The van der Waals surface area contributed by atoms with E-state index in [1.54, 1.807) is 11.9 Å². The number of rotatable bonds is 1. The van der Waals surface area contributed by atoms with Crippen LogP contribution in [0.3, 0.4) is 0 Å². The zero-order valence-corrected chi connectivity index (χ0v) is 10.3. The van der Waals surface area contributed by atoms with Gasteiger partial charge in [0.15, 0.2) is 0 Å². The number of nitrogens with one attached hydrogen (secondary N) is 1. The SMILES string of the molecule is CC.CC1=C2OCC(C)CN2NC1C(F)F. The van der Waals surface area contributed by atoms with Gasteiger partial charge in [-0.25, -0.2) is 14.2 Å². The maximum absolute atomic E-state index is 12.5. The van der Waals surface area contributed by atoms with Crippen molar-refractivity contribution in [3.05, 3.63) is 11.5 Å². The lowest BCUT2D eigenvalue weighted by atomic mass is 10.1. The molecule has 0 spiro atoms. The van der Waals surface area contributed by atoms with Gasteiger partial charge in [-0.1, -0.05) is 20.8 Å². The first-order chi connectivity index (χ1) is 7.59. The molecule has 1 saturated heterocycles. The van der Waals surface area contributed by atoms with Crippen LogP contribution in [-0.4, -0.2) is 30.6 Å². The van der Waals surface area contributed by atoms with Gasteiger partial charge in [-0.05, 0) is 6.92 Å². The van der Waals surface area contributed by atoms with Crippen molar-refractivity contribution in [2.24, 2.45) is 5.92 Å². The van der Waals surface area contributed by atoms with Crippen molar-refractivity contribution >= 4 is 0 Å². The van der Waals surface area contributed by atoms with Gasteiger partial charge < -0.3 is 4.74 Å². The molecule has 1 N–H and O–H groups in total. The molecule has 0 amide bonds. The molecule has 2 atom stereocenters. The summed E-state index contributed by atoms with van der Waals surface area (Å²) in [5.41, 5.74) is 3.36. The lowest BCUT2D eigenvalue weighted by Crippen LogP contribution is -2.45. The van der Waals surface area contributed by atoms with E-state index in [4.69, 9.17) is 4.74 Å². The molecule has 2 aliphatic heterocycles. The number of hydrazine groups is 1. The fourth-order valence-corrected chi connectivity index (χ4v) is 1.83. The standard InChI is InChI=1S/C9H14F2N2O.C2H6/c1-5-3-13-9(14-4-5)6(2)7(12-13)8(10)11;1-2/h5,7-8,12H,3-4H2,1-2H3;1-2H3. The molecule has 0 aromatic rings. The third kappa shape index (κ3) is 2.45. The molecule has 94 valence electrons. The van der Waals surface area contributed by atoms with Crippen LogP contribution in [0, 0.1) is 5.92 Å². The van der Waals surface area contributed by atoms with E-state index < -0.39 is 12.5 Å². The number of fused-ring (bicyclic) bond motifs is 1. The number of hydrogen-bond donors (Lipinski definition) is 1. The van der Waals surface area contributed by atoms with Crippen LogP contribution in [0.1, 0.15) is 27.7 Å². The van der Waals surface area contributed by atoms with E-state index in [1.165, 1.54) is 0 Å². The van der Waals surface area contributed by atoms with Gasteiger partial charge in [0.25, 0.3) is 6.43 Å². The number of nitrogens with zero attached hydrogens (tertiary/aromatic N) is 1. The van der Waals surface area contributed by atoms with Crippen molar-refractivity contribution in [1.82, 2.24) is 10.4 Å². The fraction of sp³-hybridized carbons (Fsp3) is 0.818. The van der Waals surface area contributed by atoms with E-state index in [1.807, 2.05) is 20.8 Å². The molecule has 2 rings (SSSR count). The van der Waals surface area contributed by atoms with E-state index >= 15 is 0 Å². The lowest BCUT2D eigenvalue weighted by molar-refractivity contribution is 0.00291. The first kappa shape index (κ1) is 13.2. The Kier molecular flexibility index (Phi) is 4.53. The first-order valence-corrected chi connectivity index (χ1v) is 5.75. The van der Waals surface area contributed by atoms with Gasteiger partial charge in [-0.2, -0.15) is 0 Å². The van der Waals surface area contributed by atoms with Gasteiger partial charge >= 0.3 is 0 Å². The lowest BCUT2D eigenvalue weighted by Gasteiger charge is -2.31.